The number of benzene rings is 1. The zero-order valence-corrected chi connectivity index (χ0v) is 8.87. The molecule has 0 atom stereocenters. The Bertz CT molecular complexity index is 325. The van der Waals surface area contributed by atoms with E-state index in [1.165, 1.54) is 11.1 Å². The van der Waals surface area contributed by atoms with Crippen LogP contribution >= 0.6 is 0 Å². The summed E-state index contributed by atoms with van der Waals surface area (Å²) in [5.74, 6) is 0.877. The number of aryl methyl sites for hydroxylation is 2. The fraction of sp³-hybridized carbons (Fsp3) is 0.500. The van der Waals surface area contributed by atoms with Crippen LogP contribution in [0.3, 0.4) is 0 Å². The average Bonchev–Trinajstić information content (AvgIpc) is 2.50. The van der Waals surface area contributed by atoms with E-state index in [0.717, 1.165) is 38.0 Å². The van der Waals surface area contributed by atoms with Crippen molar-refractivity contribution in [2.75, 3.05) is 13.2 Å². The molecule has 2 rings (SSSR count). The van der Waals surface area contributed by atoms with Gasteiger partial charge in [0.05, 0.1) is 6.61 Å². The lowest BCUT2D eigenvalue weighted by Gasteiger charge is -2.07. The molecule has 0 unspecified atom stereocenters. The minimum absolute atomic E-state index is 0.673. The first-order valence-electron chi connectivity index (χ1n) is 5.51. The van der Waals surface area contributed by atoms with Gasteiger partial charge in [-0.15, -0.1) is 0 Å². The second-order valence-electron chi connectivity index (χ2n) is 3.84. The lowest BCUT2D eigenvalue weighted by atomic mass is 10.0. The Hall–Kier alpha value is -1.06. The van der Waals surface area contributed by atoms with Crippen molar-refractivity contribution in [2.45, 2.75) is 25.7 Å². The maximum absolute atomic E-state index is 5.48. The predicted octanol–water partition coefficient (Wildman–Crippen LogP) is 1.83. The molecule has 1 aromatic rings. The maximum Gasteiger partial charge on any atom is 0.168 e. The third-order valence-corrected chi connectivity index (χ3v) is 2.62. The molecule has 1 aliphatic rings. The Labute approximate surface area is 90.1 Å². The SMILES string of the molecule is NCCCc1ccc2c(c1)OOCCC2. The molecule has 0 aliphatic carbocycles. The van der Waals surface area contributed by atoms with Crippen LogP contribution in [0.25, 0.3) is 0 Å². The van der Waals surface area contributed by atoms with Gasteiger partial charge >= 0.3 is 0 Å². The zero-order valence-electron chi connectivity index (χ0n) is 8.87. The summed E-state index contributed by atoms with van der Waals surface area (Å²) in [7, 11) is 0. The zero-order chi connectivity index (χ0) is 10.5. The monoisotopic (exact) mass is 207 g/mol. The number of fused-ring (bicyclic) bond motifs is 1. The molecule has 3 heteroatoms. The van der Waals surface area contributed by atoms with Gasteiger partial charge in [-0.1, -0.05) is 12.1 Å². The molecule has 0 aromatic heterocycles. The minimum atomic E-state index is 0.673. The van der Waals surface area contributed by atoms with Gasteiger partial charge in [-0.3, -0.25) is 0 Å². The van der Waals surface area contributed by atoms with E-state index < -0.39 is 0 Å². The topological polar surface area (TPSA) is 44.5 Å². The second kappa shape index (κ2) is 5.14. The highest BCUT2D eigenvalue weighted by molar-refractivity contribution is 5.37. The van der Waals surface area contributed by atoms with E-state index in [-0.39, 0.29) is 0 Å². The molecule has 0 fully saturated rings. The van der Waals surface area contributed by atoms with E-state index in [2.05, 4.69) is 18.2 Å². The maximum atomic E-state index is 5.48. The number of hydrogen-bond donors (Lipinski definition) is 1. The molecule has 1 aliphatic heterocycles. The highest BCUT2D eigenvalue weighted by Crippen LogP contribution is 2.25. The smallest absolute Gasteiger partial charge is 0.168 e. The van der Waals surface area contributed by atoms with Gasteiger partial charge in [0.15, 0.2) is 5.75 Å². The summed E-state index contributed by atoms with van der Waals surface area (Å²) in [5, 5.41) is 0. The van der Waals surface area contributed by atoms with Crippen molar-refractivity contribution in [3.63, 3.8) is 0 Å². The molecule has 0 radical (unpaired) electrons. The molecule has 3 nitrogen and oxygen atoms in total. The van der Waals surface area contributed by atoms with Crippen LogP contribution in [-0.4, -0.2) is 13.2 Å². The Morgan fingerprint density at radius 2 is 2.27 bits per heavy atom. The van der Waals surface area contributed by atoms with Gasteiger partial charge in [-0.2, -0.15) is 4.89 Å². The molecule has 0 bridgehead atoms. The van der Waals surface area contributed by atoms with E-state index >= 15 is 0 Å². The summed E-state index contributed by atoms with van der Waals surface area (Å²) < 4.78 is 0. The molecule has 15 heavy (non-hydrogen) atoms. The summed E-state index contributed by atoms with van der Waals surface area (Å²) in [6, 6.07) is 6.36. The van der Waals surface area contributed by atoms with Crippen molar-refractivity contribution in [1.29, 1.82) is 0 Å². The summed E-state index contributed by atoms with van der Waals surface area (Å²) in [4.78, 5) is 10.3. The third-order valence-electron chi connectivity index (χ3n) is 2.62. The molecular formula is C12H17NO2. The molecule has 1 heterocycles. The van der Waals surface area contributed by atoms with Crippen LogP contribution in [0.4, 0.5) is 0 Å². The van der Waals surface area contributed by atoms with E-state index in [4.69, 9.17) is 15.5 Å². The minimum Gasteiger partial charge on any atom is -0.337 e. The van der Waals surface area contributed by atoms with E-state index in [0.29, 0.717) is 6.61 Å². The van der Waals surface area contributed by atoms with Crippen molar-refractivity contribution in [3.8, 4) is 5.75 Å². The van der Waals surface area contributed by atoms with Crippen LogP contribution in [0.15, 0.2) is 18.2 Å². The highest BCUT2D eigenvalue weighted by atomic mass is 17.2. The molecule has 1 aromatic carbocycles. The van der Waals surface area contributed by atoms with Crippen molar-refractivity contribution >= 4 is 0 Å². The van der Waals surface area contributed by atoms with Crippen LogP contribution in [0.2, 0.25) is 0 Å². The largest absolute Gasteiger partial charge is 0.337 e. The van der Waals surface area contributed by atoms with Gasteiger partial charge in [-0.25, -0.2) is 0 Å². The fourth-order valence-corrected chi connectivity index (χ4v) is 1.77. The fourth-order valence-electron chi connectivity index (χ4n) is 1.77. The average molecular weight is 207 g/mol. The van der Waals surface area contributed by atoms with E-state index in [1.807, 2.05) is 0 Å². The molecule has 0 amide bonds. The predicted molar refractivity (Wildman–Crippen MR) is 58.7 cm³/mol. The van der Waals surface area contributed by atoms with Gasteiger partial charge in [0.25, 0.3) is 0 Å². The van der Waals surface area contributed by atoms with Gasteiger partial charge in [0, 0.05) is 0 Å². The summed E-state index contributed by atoms with van der Waals surface area (Å²) in [5.41, 5.74) is 7.99. The normalized spacial score (nSPS) is 15.3. The van der Waals surface area contributed by atoms with Crippen LogP contribution in [-0.2, 0) is 17.7 Å². The molecule has 2 N–H and O–H groups in total. The summed E-state index contributed by atoms with van der Waals surface area (Å²) in [6.45, 7) is 1.40. The van der Waals surface area contributed by atoms with Crippen LogP contribution < -0.4 is 10.6 Å². The lowest BCUT2D eigenvalue weighted by molar-refractivity contribution is -0.203. The standard InChI is InChI=1S/C12H17NO2/c13-7-1-3-10-5-6-11-4-2-8-14-15-12(11)9-10/h5-6,9H,1-4,7-8,13H2. The second-order valence-corrected chi connectivity index (χ2v) is 3.84. The van der Waals surface area contributed by atoms with Crippen LogP contribution in [0.1, 0.15) is 24.0 Å². The number of nitrogens with two attached hydrogens (primary N) is 1. The van der Waals surface area contributed by atoms with Gasteiger partial charge in [-0.05, 0) is 49.4 Å². The Morgan fingerprint density at radius 1 is 1.33 bits per heavy atom. The Morgan fingerprint density at radius 3 is 3.13 bits per heavy atom. The third kappa shape index (κ3) is 2.70. The Balaban J connectivity index is 2.13. The Kier molecular flexibility index (Phi) is 3.59. The lowest BCUT2D eigenvalue weighted by Crippen LogP contribution is -2.01. The summed E-state index contributed by atoms with van der Waals surface area (Å²) in [6.07, 6.45) is 4.08. The van der Waals surface area contributed by atoms with Crippen LogP contribution in [0.5, 0.6) is 5.75 Å². The first-order valence-corrected chi connectivity index (χ1v) is 5.51. The quantitative estimate of drug-likeness (QED) is 0.769. The van der Waals surface area contributed by atoms with Gasteiger partial charge in [0.1, 0.15) is 0 Å². The van der Waals surface area contributed by atoms with Gasteiger partial charge < -0.3 is 10.6 Å². The van der Waals surface area contributed by atoms with Crippen molar-refractivity contribution in [1.82, 2.24) is 0 Å². The number of hydrogen-bond acceptors (Lipinski definition) is 3. The molecule has 82 valence electrons. The first kappa shape index (κ1) is 10.5. The van der Waals surface area contributed by atoms with Crippen molar-refractivity contribution in [3.05, 3.63) is 29.3 Å². The molecule has 0 saturated heterocycles. The van der Waals surface area contributed by atoms with Crippen molar-refractivity contribution < 1.29 is 9.78 Å². The first-order chi connectivity index (χ1) is 7.40. The van der Waals surface area contributed by atoms with E-state index in [9.17, 15) is 0 Å². The van der Waals surface area contributed by atoms with Crippen molar-refractivity contribution in [2.24, 2.45) is 5.73 Å². The highest BCUT2D eigenvalue weighted by Gasteiger charge is 2.10. The van der Waals surface area contributed by atoms with Crippen LogP contribution in [0, 0.1) is 0 Å². The molecular weight excluding hydrogens is 190 g/mol. The molecule has 0 saturated carbocycles. The summed E-state index contributed by atoms with van der Waals surface area (Å²) >= 11 is 0. The number of rotatable bonds is 3. The van der Waals surface area contributed by atoms with Gasteiger partial charge in [0.2, 0.25) is 0 Å². The molecule has 0 spiro atoms. The van der Waals surface area contributed by atoms with E-state index in [1.54, 1.807) is 0 Å².